The number of hydrogen-bond acceptors (Lipinski definition) is 6. The lowest BCUT2D eigenvalue weighted by atomic mass is 10.1. The first-order valence-electron chi connectivity index (χ1n) is 8.28. The second-order valence-electron chi connectivity index (χ2n) is 5.51. The van der Waals surface area contributed by atoms with Gasteiger partial charge in [0, 0.05) is 31.0 Å². The standard InChI is InChI=1S/C19H21N5O/c25-12-6-11-21-19-23-17(15-7-2-1-3-8-15)13-18(24-19)22-14-16-9-4-5-10-20-16/h1-5,7-10,13,25H,6,11-12,14H2,(H2,21,22,23,24). The van der Waals surface area contributed by atoms with Gasteiger partial charge in [0.05, 0.1) is 17.9 Å². The molecule has 0 unspecified atom stereocenters. The Bertz CT molecular complexity index is 780. The minimum Gasteiger partial charge on any atom is -0.396 e. The summed E-state index contributed by atoms with van der Waals surface area (Å²) in [5.74, 6) is 1.27. The number of aliphatic hydroxyl groups is 1. The molecule has 3 aromatic rings. The Hall–Kier alpha value is -2.99. The van der Waals surface area contributed by atoms with E-state index in [1.807, 2.05) is 54.6 Å². The molecule has 0 aliphatic heterocycles. The van der Waals surface area contributed by atoms with E-state index in [9.17, 15) is 0 Å². The predicted molar refractivity (Wildman–Crippen MR) is 99.2 cm³/mol. The Morgan fingerprint density at radius 1 is 0.920 bits per heavy atom. The Kier molecular flexibility index (Phi) is 5.90. The van der Waals surface area contributed by atoms with Gasteiger partial charge >= 0.3 is 0 Å². The predicted octanol–water partition coefficient (Wildman–Crippen LogP) is 2.95. The fourth-order valence-corrected chi connectivity index (χ4v) is 2.34. The molecule has 3 N–H and O–H groups in total. The van der Waals surface area contributed by atoms with Gasteiger partial charge in [0.15, 0.2) is 0 Å². The highest BCUT2D eigenvalue weighted by molar-refractivity contribution is 5.64. The van der Waals surface area contributed by atoms with Crippen LogP contribution in [0.25, 0.3) is 11.3 Å². The summed E-state index contributed by atoms with van der Waals surface area (Å²) in [6.07, 6.45) is 2.42. The van der Waals surface area contributed by atoms with Crippen LogP contribution in [0.3, 0.4) is 0 Å². The number of pyridine rings is 1. The van der Waals surface area contributed by atoms with Crippen LogP contribution in [0.15, 0.2) is 60.8 Å². The maximum absolute atomic E-state index is 8.94. The van der Waals surface area contributed by atoms with Gasteiger partial charge < -0.3 is 15.7 Å². The number of aliphatic hydroxyl groups excluding tert-OH is 1. The van der Waals surface area contributed by atoms with Crippen molar-refractivity contribution in [3.63, 3.8) is 0 Å². The molecule has 0 aliphatic carbocycles. The van der Waals surface area contributed by atoms with Gasteiger partial charge in [-0.1, -0.05) is 36.4 Å². The topological polar surface area (TPSA) is 83.0 Å². The minimum absolute atomic E-state index is 0.135. The number of nitrogens with one attached hydrogen (secondary N) is 2. The summed E-state index contributed by atoms with van der Waals surface area (Å²) in [5, 5.41) is 15.4. The molecule has 0 amide bonds. The smallest absolute Gasteiger partial charge is 0.225 e. The van der Waals surface area contributed by atoms with Gasteiger partial charge in [0.1, 0.15) is 5.82 Å². The number of anilines is 2. The minimum atomic E-state index is 0.135. The quantitative estimate of drug-likeness (QED) is 0.549. The van der Waals surface area contributed by atoms with Crippen molar-refractivity contribution in [1.82, 2.24) is 15.0 Å². The van der Waals surface area contributed by atoms with Gasteiger partial charge in [-0.3, -0.25) is 4.98 Å². The van der Waals surface area contributed by atoms with Crippen molar-refractivity contribution in [2.45, 2.75) is 13.0 Å². The first-order valence-corrected chi connectivity index (χ1v) is 8.28. The highest BCUT2D eigenvalue weighted by Crippen LogP contribution is 2.21. The van der Waals surface area contributed by atoms with Crippen molar-refractivity contribution >= 4 is 11.8 Å². The Morgan fingerprint density at radius 2 is 1.76 bits per heavy atom. The summed E-state index contributed by atoms with van der Waals surface area (Å²) in [6, 6.07) is 17.7. The van der Waals surface area contributed by atoms with Crippen LogP contribution in [0.5, 0.6) is 0 Å². The lowest BCUT2D eigenvalue weighted by Gasteiger charge is -2.11. The molecule has 0 atom stereocenters. The van der Waals surface area contributed by atoms with Gasteiger partial charge in [-0.15, -0.1) is 0 Å². The van der Waals surface area contributed by atoms with E-state index in [1.54, 1.807) is 6.20 Å². The van der Waals surface area contributed by atoms with Crippen molar-refractivity contribution < 1.29 is 5.11 Å². The molecule has 2 aromatic heterocycles. The van der Waals surface area contributed by atoms with Crippen molar-refractivity contribution in [1.29, 1.82) is 0 Å². The molecule has 0 spiro atoms. The summed E-state index contributed by atoms with van der Waals surface area (Å²) in [6.45, 7) is 1.34. The van der Waals surface area contributed by atoms with E-state index in [0.29, 0.717) is 25.5 Å². The van der Waals surface area contributed by atoms with Crippen LogP contribution in [0, 0.1) is 0 Å². The van der Waals surface area contributed by atoms with Crippen molar-refractivity contribution in [2.24, 2.45) is 0 Å². The Labute approximate surface area is 147 Å². The fourth-order valence-electron chi connectivity index (χ4n) is 2.34. The molecule has 6 heteroatoms. The van der Waals surface area contributed by atoms with Crippen LogP contribution in [0.1, 0.15) is 12.1 Å². The number of nitrogens with zero attached hydrogens (tertiary/aromatic N) is 3. The monoisotopic (exact) mass is 335 g/mol. The molecule has 0 saturated heterocycles. The molecule has 6 nitrogen and oxygen atoms in total. The molecule has 0 saturated carbocycles. The molecule has 128 valence electrons. The second-order valence-corrected chi connectivity index (χ2v) is 5.51. The lowest BCUT2D eigenvalue weighted by Crippen LogP contribution is -2.10. The molecule has 0 bridgehead atoms. The average molecular weight is 335 g/mol. The maximum atomic E-state index is 8.94. The first-order chi connectivity index (χ1) is 12.3. The first kappa shape index (κ1) is 16.9. The van der Waals surface area contributed by atoms with E-state index in [-0.39, 0.29) is 6.61 Å². The van der Waals surface area contributed by atoms with Crippen LogP contribution < -0.4 is 10.6 Å². The van der Waals surface area contributed by atoms with Crippen LogP contribution in [0.2, 0.25) is 0 Å². The third-order valence-corrected chi connectivity index (χ3v) is 3.59. The van der Waals surface area contributed by atoms with E-state index in [1.165, 1.54) is 0 Å². The van der Waals surface area contributed by atoms with Gasteiger partial charge in [0.2, 0.25) is 5.95 Å². The van der Waals surface area contributed by atoms with Crippen LogP contribution in [-0.4, -0.2) is 33.2 Å². The van der Waals surface area contributed by atoms with Crippen LogP contribution >= 0.6 is 0 Å². The van der Waals surface area contributed by atoms with Crippen molar-refractivity contribution in [3.8, 4) is 11.3 Å². The molecule has 0 radical (unpaired) electrons. The molecule has 25 heavy (non-hydrogen) atoms. The zero-order chi connectivity index (χ0) is 17.3. The molecule has 0 aliphatic rings. The third kappa shape index (κ3) is 4.99. The molecular weight excluding hydrogens is 314 g/mol. The van der Waals surface area contributed by atoms with E-state index in [4.69, 9.17) is 5.11 Å². The summed E-state index contributed by atoms with van der Waals surface area (Å²) in [5.41, 5.74) is 2.80. The number of hydrogen-bond donors (Lipinski definition) is 3. The van der Waals surface area contributed by atoms with Gasteiger partial charge in [-0.05, 0) is 18.6 Å². The fraction of sp³-hybridized carbons (Fsp3) is 0.211. The van der Waals surface area contributed by atoms with E-state index in [0.717, 1.165) is 22.8 Å². The highest BCUT2D eigenvalue weighted by atomic mass is 16.3. The summed E-state index contributed by atoms with van der Waals surface area (Å²) in [4.78, 5) is 13.4. The lowest BCUT2D eigenvalue weighted by molar-refractivity contribution is 0.292. The molecule has 0 fully saturated rings. The summed E-state index contributed by atoms with van der Waals surface area (Å²) in [7, 11) is 0. The zero-order valence-corrected chi connectivity index (χ0v) is 13.9. The van der Waals surface area contributed by atoms with Crippen molar-refractivity contribution in [2.75, 3.05) is 23.8 Å². The molecule has 1 aromatic carbocycles. The van der Waals surface area contributed by atoms with Crippen molar-refractivity contribution in [3.05, 3.63) is 66.5 Å². The summed E-state index contributed by atoms with van der Waals surface area (Å²) >= 11 is 0. The average Bonchev–Trinajstić information content (AvgIpc) is 2.68. The number of benzene rings is 1. The Balaban J connectivity index is 1.81. The van der Waals surface area contributed by atoms with Gasteiger partial charge in [-0.2, -0.15) is 4.98 Å². The maximum Gasteiger partial charge on any atom is 0.225 e. The molecular formula is C19H21N5O. The van der Waals surface area contributed by atoms with E-state index in [2.05, 4.69) is 25.6 Å². The molecule has 2 heterocycles. The second kappa shape index (κ2) is 8.75. The summed E-state index contributed by atoms with van der Waals surface area (Å²) < 4.78 is 0. The Morgan fingerprint density at radius 3 is 2.52 bits per heavy atom. The van der Waals surface area contributed by atoms with Crippen LogP contribution in [0.4, 0.5) is 11.8 Å². The number of rotatable bonds is 8. The zero-order valence-electron chi connectivity index (χ0n) is 13.9. The largest absolute Gasteiger partial charge is 0.396 e. The van der Waals surface area contributed by atoms with E-state index >= 15 is 0 Å². The SMILES string of the molecule is OCCCNc1nc(NCc2ccccn2)cc(-c2ccccc2)n1. The van der Waals surface area contributed by atoms with Gasteiger partial charge in [0.25, 0.3) is 0 Å². The highest BCUT2D eigenvalue weighted by Gasteiger charge is 2.07. The van der Waals surface area contributed by atoms with Gasteiger partial charge in [-0.25, -0.2) is 4.98 Å². The van der Waals surface area contributed by atoms with E-state index < -0.39 is 0 Å². The molecule has 3 rings (SSSR count). The number of aromatic nitrogens is 3. The van der Waals surface area contributed by atoms with Crippen LogP contribution in [-0.2, 0) is 6.54 Å². The third-order valence-electron chi connectivity index (χ3n) is 3.59. The normalized spacial score (nSPS) is 10.4.